The van der Waals surface area contributed by atoms with Crippen LogP contribution in [-0.4, -0.2) is 21.4 Å². The maximum absolute atomic E-state index is 13.2. The molecule has 2 aromatic carbocycles. The Hall–Kier alpha value is -4.19. The van der Waals surface area contributed by atoms with Crippen molar-refractivity contribution in [2.75, 3.05) is 10.6 Å². The average molecular weight is 425 g/mol. The second-order valence-corrected chi connectivity index (χ2v) is 7.68. The smallest absolute Gasteiger partial charge is 0.272 e. The minimum atomic E-state index is -0.204. The van der Waals surface area contributed by atoms with Crippen LogP contribution in [0.25, 0.3) is 11.1 Å². The molecule has 160 valence electrons. The van der Waals surface area contributed by atoms with Crippen LogP contribution in [0.5, 0.6) is 0 Å². The van der Waals surface area contributed by atoms with Crippen LogP contribution in [0.4, 0.5) is 11.4 Å². The zero-order chi connectivity index (χ0) is 22.5. The molecule has 2 aromatic heterocycles. The molecule has 0 fully saturated rings. The highest BCUT2D eigenvalue weighted by Gasteiger charge is 2.16. The summed E-state index contributed by atoms with van der Waals surface area (Å²) in [5, 5.41) is 5.67. The summed E-state index contributed by atoms with van der Waals surface area (Å²) in [6.45, 7) is 4.09. The normalized spacial score (nSPS) is 10.6. The van der Waals surface area contributed by atoms with E-state index in [4.69, 9.17) is 0 Å². The van der Waals surface area contributed by atoms with E-state index < -0.39 is 0 Å². The molecule has 2 heterocycles. The first kappa shape index (κ1) is 21.1. The van der Waals surface area contributed by atoms with Gasteiger partial charge in [0.15, 0.2) is 0 Å². The molecule has 32 heavy (non-hydrogen) atoms. The third-order valence-electron chi connectivity index (χ3n) is 5.08. The number of aryl methyl sites for hydroxylation is 1. The van der Waals surface area contributed by atoms with Crippen LogP contribution in [0.3, 0.4) is 0 Å². The molecule has 4 rings (SSSR count). The quantitative estimate of drug-likeness (QED) is 0.451. The number of hydrogen-bond acceptors (Lipinski definition) is 3. The highest BCUT2D eigenvalue weighted by atomic mass is 16.2. The van der Waals surface area contributed by atoms with Crippen LogP contribution in [0.15, 0.2) is 85.3 Å². The molecular weight excluding hydrogens is 400 g/mol. The van der Waals surface area contributed by atoms with Gasteiger partial charge in [0.2, 0.25) is 5.91 Å². The number of pyridine rings is 1. The van der Waals surface area contributed by atoms with E-state index in [-0.39, 0.29) is 11.8 Å². The zero-order valence-electron chi connectivity index (χ0n) is 18.0. The van der Waals surface area contributed by atoms with Gasteiger partial charge in [0.05, 0.1) is 0 Å². The van der Waals surface area contributed by atoms with Crippen molar-refractivity contribution in [1.82, 2.24) is 9.55 Å². The fourth-order valence-corrected chi connectivity index (χ4v) is 3.46. The van der Waals surface area contributed by atoms with E-state index in [1.807, 2.05) is 29.0 Å². The van der Waals surface area contributed by atoms with Gasteiger partial charge in [0.1, 0.15) is 5.69 Å². The molecule has 0 bridgehead atoms. The number of hydrogen-bond donors (Lipinski definition) is 2. The number of nitrogens with zero attached hydrogens (tertiary/aromatic N) is 2. The topological polar surface area (TPSA) is 76.0 Å². The van der Waals surface area contributed by atoms with E-state index >= 15 is 0 Å². The van der Waals surface area contributed by atoms with Gasteiger partial charge in [-0.05, 0) is 60.5 Å². The van der Waals surface area contributed by atoms with Crippen molar-refractivity contribution in [3.8, 4) is 11.1 Å². The van der Waals surface area contributed by atoms with Crippen LogP contribution >= 0.6 is 0 Å². The lowest BCUT2D eigenvalue weighted by molar-refractivity contribution is -0.114. The molecule has 0 saturated carbocycles. The van der Waals surface area contributed by atoms with Gasteiger partial charge in [0.25, 0.3) is 5.91 Å². The second-order valence-electron chi connectivity index (χ2n) is 7.68. The first-order chi connectivity index (χ1) is 15.5. The Bertz CT molecular complexity index is 1230. The number of benzene rings is 2. The molecule has 2 amide bonds. The third-order valence-corrected chi connectivity index (χ3v) is 5.08. The Morgan fingerprint density at radius 1 is 0.844 bits per heavy atom. The van der Waals surface area contributed by atoms with Crippen LogP contribution in [-0.2, 0) is 11.3 Å². The molecule has 0 unspecified atom stereocenters. The van der Waals surface area contributed by atoms with E-state index in [2.05, 4.69) is 46.8 Å². The number of aromatic nitrogens is 2. The molecule has 6 heteroatoms. The number of carbonyl (C=O) groups excluding carboxylic acids is 2. The standard InChI is InChI=1S/C26H24N4O2/c1-18-3-5-20(6-4-18)16-30-17-22(21-11-13-27-14-12-21)15-25(30)26(32)29-24-9-7-23(8-10-24)28-19(2)31/h3-15,17H,16H2,1-2H3,(H,28,31)(H,29,32). The lowest BCUT2D eigenvalue weighted by Gasteiger charge is -2.11. The molecular formula is C26H24N4O2. The van der Waals surface area contributed by atoms with E-state index in [0.29, 0.717) is 23.6 Å². The number of rotatable bonds is 6. The minimum absolute atomic E-state index is 0.139. The van der Waals surface area contributed by atoms with Crippen molar-refractivity contribution in [2.24, 2.45) is 0 Å². The Labute approximate surface area is 186 Å². The summed E-state index contributed by atoms with van der Waals surface area (Å²) < 4.78 is 1.96. The van der Waals surface area contributed by atoms with Gasteiger partial charge in [-0.3, -0.25) is 14.6 Å². The predicted octanol–water partition coefficient (Wildman–Crippen LogP) is 5.12. The molecule has 0 radical (unpaired) electrons. The van der Waals surface area contributed by atoms with Crippen LogP contribution in [0, 0.1) is 6.92 Å². The maximum atomic E-state index is 13.2. The van der Waals surface area contributed by atoms with Crippen molar-refractivity contribution >= 4 is 23.2 Å². The van der Waals surface area contributed by atoms with Gasteiger partial charge < -0.3 is 15.2 Å². The van der Waals surface area contributed by atoms with Crippen LogP contribution < -0.4 is 10.6 Å². The Kier molecular flexibility index (Phi) is 6.12. The molecule has 0 atom stereocenters. The summed E-state index contributed by atoms with van der Waals surface area (Å²) in [5.74, 6) is -0.343. The summed E-state index contributed by atoms with van der Waals surface area (Å²) in [6.07, 6.45) is 5.47. The maximum Gasteiger partial charge on any atom is 0.272 e. The van der Waals surface area contributed by atoms with Crippen molar-refractivity contribution in [3.63, 3.8) is 0 Å². The summed E-state index contributed by atoms with van der Waals surface area (Å²) in [4.78, 5) is 28.5. The largest absolute Gasteiger partial charge is 0.338 e. The molecule has 6 nitrogen and oxygen atoms in total. The Balaban J connectivity index is 1.61. The van der Waals surface area contributed by atoms with E-state index in [1.165, 1.54) is 12.5 Å². The molecule has 0 saturated heterocycles. The van der Waals surface area contributed by atoms with Crippen LogP contribution in [0.1, 0.15) is 28.5 Å². The van der Waals surface area contributed by atoms with Crippen molar-refractivity contribution < 1.29 is 9.59 Å². The summed E-state index contributed by atoms with van der Waals surface area (Å²) in [7, 11) is 0. The zero-order valence-corrected chi connectivity index (χ0v) is 18.0. The van der Waals surface area contributed by atoms with Gasteiger partial charge in [-0.15, -0.1) is 0 Å². The highest BCUT2D eigenvalue weighted by Crippen LogP contribution is 2.24. The Morgan fingerprint density at radius 3 is 2.09 bits per heavy atom. The second kappa shape index (κ2) is 9.31. The summed E-state index contributed by atoms with van der Waals surface area (Å²) >= 11 is 0. The predicted molar refractivity (Wildman–Crippen MR) is 127 cm³/mol. The van der Waals surface area contributed by atoms with E-state index in [0.717, 1.165) is 16.7 Å². The fourth-order valence-electron chi connectivity index (χ4n) is 3.46. The fraction of sp³-hybridized carbons (Fsp3) is 0.115. The first-order valence-corrected chi connectivity index (χ1v) is 10.3. The number of amides is 2. The van der Waals surface area contributed by atoms with Crippen molar-refractivity contribution in [2.45, 2.75) is 20.4 Å². The lowest BCUT2D eigenvalue weighted by atomic mass is 10.1. The summed E-state index contributed by atoms with van der Waals surface area (Å²) in [6, 6.07) is 21.1. The van der Waals surface area contributed by atoms with Crippen molar-refractivity contribution in [3.05, 3.63) is 102 Å². The number of nitrogens with one attached hydrogen (secondary N) is 2. The molecule has 0 aliphatic heterocycles. The monoisotopic (exact) mass is 424 g/mol. The lowest BCUT2D eigenvalue weighted by Crippen LogP contribution is -2.17. The van der Waals surface area contributed by atoms with Gasteiger partial charge in [-0.2, -0.15) is 0 Å². The first-order valence-electron chi connectivity index (χ1n) is 10.3. The van der Waals surface area contributed by atoms with Crippen molar-refractivity contribution in [1.29, 1.82) is 0 Å². The molecule has 0 spiro atoms. The van der Waals surface area contributed by atoms with E-state index in [1.54, 1.807) is 36.7 Å². The molecule has 2 N–H and O–H groups in total. The average Bonchev–Trinajstić information content (AvgIpc) is 3.21. The number of anilines is 2. The molecule has 0 aliphatic carbocycles. The van der Waals surface area contributed by atoms with Crippen LogP contribution in [0.2, 0.25) is 0 Å². The Morgan fingerprint density at radius 2 is 1.47 bits per heavy atom. The third kappa shape index (κ3) is 5.10. The minimum Gasteiger partial charge on any atom is -0.338 e. The number of carbonyl (C=O) groups is 2. The van der Waals surface area contributed by atoms with Gasteiger partial charge in [-0.25, -0.2) is 0 Å². The van der Waals surface area contributed by atoms with Gasteiger partial charge >= 0.3 is 0 Å². The SMILES string of the molecule is CC(=O)Nc1ccc(NC(=O)c2cc(-c3ccncc3)cn2Cc2ccc(C)cc2)cc1. The summed E-state index contributed by atoms with van der Waals surface area (Å²) in [5.41, 5.74) is 6.14. The highest BCUT2D eigenvalue weighted by molar-refractivity contribution is 6.04. The van der Waals surface area contributed by atoms with Gasteiger partial charge in [-0.1, -0.05) is 29.8 Å². The molecule has 4 aromatic rings. The van der Waals surface area contributed by atoms with Gasteiger partial charge in [0, 0.05) is 49.0 Å². The molecule has 0 aliphatic rings. The van der Waals surface area contributed by atoms with E-state index in [9.17, 15) is 9.59 Å².